The maximum atomic E-state index is 12.6. The number of anilines is 1. The standard InChI is InChI=1S/C18H22N4O2S/c23-17(10-14-3-9-25-13-14)21-6-2-15-11-22(7-8-24-16(15)12-21)18-19-4-1-5-20-18/h1,3-5,9,13,15-16H,2,6-8,10-12H2/t15-,16-/m0/s1. The predicted octanol–water partition coefficient (Wildman–Crippen LogP) is 1.83. The van der Waals surface area contributed by atoms with Crippen LogP contribution in [0.25, 0.3) is 0 Å². The van der Waals surface area contributed by atoms with Gasteiger partial charge in [0.1, 0.15) is 0 Å². The second-order valence-corrected chi connectivity index (χ2v) is 7.38. The molecule has 0 spiro atoms. The van der Waals surface area contributed by atoms with E-state index < -0.39 is 0 Å². The summed E-state index contributed by atoms with van der Waals surface area (Å²) in [6.07, 6.45) is 5.11. The van der Waals surface area contributed by atoms with Gasteiger partial charge in [0.25, 0.3) is 0 Å². The number of ether oxygens (including phenoxy) is 1. The minimum Gasteiger partial charge on any atom is -0.374 e. The van der Waals surface area contributed by atoms with E-state index in [0.29, 0.717) is 25.5 Å². The lowest BCUT2D eigenvalue weighted by Crippen LogP contribution is -2.49. The minimum absolute atomic E-state index is 0.105. The molecule has 0 aliphatic carbocycles. The van der Waals surface area contributed by atoms with Gasteiger partial charge in [-0.3, -0.25) is 4.79 Å². The smallest absolute Gasteiger partial charge is 0.227 e. The Labute approximate surface area is 151 Å². The quantitative estimate of drug-likeness (QED) is 0.838. The zero-order chi connectivity index (χ0) is 17.1. The van der Waals surface area contributed by atoms with Gasteiger partial charge in [-0.15, -0.1) is 0 Å². The van der Waals surface area contributed by atoms with Gasteiger partial charge in [-0.2, -0.15) is 11.3 Å². The fraction of sp³-hybridized carbons (Fsp3) is 0.500. The molecule has 6 nitrogen and oxygen atoms in total. The Hall–Kier alpha value is -1.99. The Morgan fingerprint density at radius 1 is 1.28 bits per heavy atom. The van der Waals surface area contributed by atoms with Gasteiger partial charge in [-0.25, -0.2) is 9.97 Å². The fourth-order valence-corrected chi connectivity index (χ4v) is 4.26. The largest absolute Gasteiger partial charge is 0.374 e. The first-order chi connectivity index (χ1) is 12.3. The maximum Gasteiger partial charge on any atom is 0.227 e. The van der Waals surface area contributed by atoms with Crippen LogP contribution in [-0.4, -0.2) is 59.7 Å². The van der Waals surface area contributed by atoms with Gasteiger partial charge >= 0.3 is 0 Å². The average molecular weight is 358 g/mol. The molecular weight excluding hydrogens is 336 g/mol. The van der Waals surface area contributed by atoms with Crippen LogP contribution < -0.4 is 4.90 Å². The number of carbonyl (C=O) groups excluding carboxylic acids is 1. The summed E-state index contributed by atoms with van der Waals surface area (Å²) in [5.74, 6) is 1.38. The highest BCUT2D eigenvalue weighted by Gasteiger charge is 2.35. The van der Waals surface area contributed by atoms with Crippen LogP contribution >= 0.6 is 11.3 Å². The molecule has 4 heterocycles. The van der Waals surface area contributed by atoms with Gasteiger partial charge in [0, 0.05) is 44.5 Å². The first kappa shape index (κ1) is 16.5. The number of piperidine rings is 1. The van der Waals surface area contributed by atoms with Crippen LogP contribution in [0.1, 0.15) is 12.0 Å². The SMILES string of the molecule is O=C(Cc1ccsc1)N1CC[C@H]2CN(c3ncccn3)CCO[C@H]2C1. The van der Waals surface area contributed by atoms with Crippen molar-refractivity contribution in [3.05, 3.63) is 40.8 Å². The van der Waals surface area contributed by atoms with Gasteiger partial charge in [-0.05, 0) is 34.9 Å². The second-order valence-electron chi connectivity index (χ2n) is 6.60. The number of rotatable bonds is 3. The first-order valence-electron chi connectivity index (χ1n) is 8.72. The van der Waals surface area contributed by atoms with Crippen LogP contribution in [0.3, 0.4) is 0 Å². The Morgan fingerprint density at radius 2 is 2.16 bits per heavy atom. The summed E-state index contributed by atoms with van der Waals surface area (Å²) in [7, 11) is 0. The van der Waals surface area contributed by atoms with E-state index in [9.17, 15) is 4.79 Å². The summed E-state index contributed by atoms with van der Waals surface area (Å²) < 4.78 is 6.09. The van der Waals surface area contributed by atoms with E-state index in [1.807, 2.05) is 27.8 Å². The average Bonchev–Trinajstić information content (AvgIpc) is 3.06. The highest BCUT2D eigenvalue weighted by Crippen LogP contribution is 2.26. The maximum absolute atomic E-state index is 12.6. The summed E-state index contributed by atoms with van der Waals surface area (Å²) in [6, 6.07) is 3.85. The lowest BCUT2D eigenvalue weighted by atomic mass is 9.93. The van der Waals surface area contributed by atoms with Crippen molar-refractivity contribution in [3.8, 4) is 0 Å². The van der Waals surface area contributed by atoms with E-state index in [0.717, 1.165) is 37.6 Å². The first-order valence-corrected chi connectivity index (χ1v) is 9.66. The van der Waals surface area contributed by atoms with E-state index in [-0.39, 0.29) is 12.0 Å². The Bertz CT molecular complexity index is 694. The van der Waals surface area contributed by atoms with Crippen molar-refractivity contribution in [1.29, 1.82) is 0 Å². The van der Waals surface area contributed by atoms with Gasteiger partial charge < -0.3 is 14.5 Å². The zero-order valence-electron chi connectivity index (χ0n) is 14.1. The van der Waals surface area contributed by atoms with Crippen LogP contribution in [-0.2, 0) is 16.0 Å². The number of hydrogen-bond acceptors (Lipinski definition) is 6. The summed E-state index contributed by atoms with van der Waals surface area (Å²) in [5.41, 5.74) is 1.10. The van der Waals surface area contributed by atoms with E-state index in [1.54, 1.807) is 23.7 Å². The van der Waals surface area contributed by atoms with Gasteiger partial charge in [0.15, 0.2) is 0 Å². The van der Waals surface area contributed by atoms with Crippen molar-refractivity contribution in [3.63, 3.8) is 0 Å². The van der Waals surface area contributed by atoms with Crippen LogP contribution in [0.4, 0.5) is 5.95 Å². The summed E-state index contributed by atoms with van der Waals surface area (Å²) in [4.78, 5) is 25.4. The number of likely N-dealkylation sites (tertiary alicyclic amines) is 1. The van der Waals surface area contributed by atoms with Crippen molar-refractivity contribution in [2.45, 2.75) is 18.9 Å². The third-order valence-corrected chi connectivity index (χ3v) is 5.70. The van der Waals surface area contributed by atoms with Crippen LogP contribution in [0, 0.1) is 5.92 Å². The van der Waals surface area contributed by atoms with E-state index in [2.05, 4.69) is 14.9 Å². The number of hydrogen-bond donors (Lipinski definition) is 0. The molecule has 132 valence electrons. The highest BCUT2D eigenvalue weighted by molar-refractivity contribution is 7.08. The zero-order valence-corrected chi connectivity index (χ0v) is 14.9. The van der Waals surface area contributed by atoms with Gasteiger partial charge in [0.05, 0.1) is 19.1 Å². The topological polar surface area (TPSA) is 58.6 Å². The molecule has 2 fully saturated rings. The lowest BCUT2D eigenvalue weighted by Gasteiger charge is -2.38. The number of thiophene rings is 1. The van der Waals surface area contributed by atoms with Crippen molar-refractivity contribution in [2.24, 2.45) is 5.92 Å². The minimum atomic E-state index is 0.105. The van der Waals surface area contributed by atoms with Crippen molar-refractivity contribution >= 4 is 23.2 Å². The molecule has 7 heteroatoms. The molecule has 2 saturated heterocycles. The molecule has 0 unspecified atom stereocenters. The monoisotopic (exact) mass is 358 g/mol. The fourth-order valence-electron chi connectivity index (χ4n) is 3.59. The van der Waals surface area contributed by atoms with Gasteiger partial charge in [0.2, 0.25) is 11.9 Å². The number of amides is 1. The van der Waals surface area contributed by atoms with Crippen molar-refractivity contribution in [1.82, 2.24) is 14.9 Å². The molecule has 2 atom stereocenters. The molecule has 2 aliphatic rings. The van der Waals surface area contributed by atoms with Crippen LogP contribution in [0.15, 0.2) is 35.3 Å². The molecular formula is C18H22N4O2S. The number of carbonyl (C=O) groups is 1. The predicted molar refractivity (Wildman–Crippen MR) is 96.7 cm³/mol. The summed E-state index contributed by atoms with van der Waals surface area (Å²) in [5, 5.41) is 4.06. The third-order valence-electron chi connectivity index (χ3n) is 4.97. The highest BCUT2D eigenvalue weighted by atomic mass is 32.1. The molecule has 4 rings (SSSR count). The molecule has 0 saturated carbocycles. The van der Waals surface area contributed by atoms with E-state index >= 15 is 0 Å². The lowest BCUT2D eigenvalue weighted by molar-refractivity contribution is -0.136. The Kier molecular flexibility index (Phi) is 4.94. The molecule has 0 radical (unpaired) electrons. The van der Waals surface area contributed by atoms with Gasteiger partial charge in [-0.1, -0.05) is 0 Å². The summed E-state index contributed by atoms with van der Waals surface area (Å²) in [6.45, 7) is 3.82. The second kappa shape index (κ2) is 7.49. The Balaban J connectivity index is 1.38. The molecule has 2 aromatic heterocycles. The van der Waals surface area contributed by atoms with E-state index in [1.165, 1.54) is 0 Å². The molecule has 2 aliphatic heterocycles. The van der Waals surface area contributed by atoms with E-state index in [4.69, 9.17) is 4.74 Å². The molecule has 25 heavy (non-hydrogen) atoms. The molecule has 0 bridgehead atoms. The molecule has 0 N–H and O–H groups in total. The number of nitrogens with zero attached hydrogens (tertiary/aromatic N) is 4. The van der Waals surface area contributed by atoms with Crippen molar-refractivity contribution < 1.29 is 9.53 Å². The Morgan fingerprint density at radius 3 is 2.96 bits per heavy atom. The van der Waals surface area contributed by atoms with Crippen molar-refractivity contribution in [2.75, 3.05) is 37.7 Å². The normalized spacial score (nSPS) is 23.8. The number of fused-ring (bicyclic) bond motifs is 1. The molecule has 1 amide bonds. The van der Waals surface area contributed by atoms with Crippen LogP contribution in [0.2, 0.25) is 0 Å². The molecule has 2 aromatic rings. The summed E-state index contributed by atoms with van der Waals surface area (Å²) >= 11 is 1.63. The van der Waals surface area contributed by atoms with Crippen LogP contribution in [0.5, 0.6) is 0 Å². The number of aromatic nitrogens is 2. The third kappa shape index (κ3) is 3.82. The molecule has 0 aromatic carbocycles.